The summed E-state index contributed by atoms with van der Waals surface area (Å²) in [5, 5.41) is 17.0. The lowest BCUT2D eigenvalue weighted by molar-refractivity contribution is -0.138. The zero-order chi connectivity index (χ0) is 31.1. The van der Waals surface area contributed by atoms with Gasteiger partial charge in [0.1, 0.15) is 6.04 Å². The van der Waals surface area contributed by atoms with Gasteiger partial charge in [-0.15, -0.1) is 0 Å². The van der Waals surface area contributed by atoms with E-state index in [4.69, 9.17) is 5.26 Å². The molecule has 1 saturated heterocycles. The summed E-state index contributed by atoms with van der Waals surface area (Å²) in [5.41, 5.74) is 0.538. The van der Waals surface area contributed by atoms with E-state index in [1.54, 1.807) is 44.2 Å². The Morgan fingerprint density at radius 3 is 2.37 bits per heavy atom. The fraction of sp³-hybridized carbons (Fsp3) is 0.258. The molecule has 220 valence electrons. The van der Waals surface area contributed by atoms with E-state index in [2.05, 4.69) is 16.0 Å². The average molecular weight is 590 g/mol. The second kappa shape index (κ2) is 10.9. The highest BCUT2D eigenvalue weighted by molar-refractivity contribution is 6.05. The fourth-order valence-corrected chi connectivity index (χ4v) is 5.34. The molecule has 43 heavy (non-hydrogen) atoms. The summed E-state index contributed by atoms with van der Waals surface area (Å²) in [4.78, 5) is 51.0. The first-order valence-electron chi connectivity index (χ1n) is 13.4. The molecule has 0 aliphatic carbocycles. The number of urea groups is 1. The van der Waals surface area contributed by atoms with Crippen LogP contribution in [-0.2, 0) is 27.8 Å². The number of carbonyl (C=O) groups excluding carboxylic acids is 4. The van der Waals surface area contributed by atoms with Crippen LogP contribution in [0, 0.1) is 11.3 Å². The average Bonchev–Trinajstić information content (AvgIpc) is 3.27. The van der Waals surface area contributed by atoms with Crippen LogP contribution in [0.15, 0.2) is 60.7 Å². The van der Waals surface area contributed by atoms with Crippen molar-refractivity contribution in [2.24, 2.45) is 0 Å². The maximum absolute atomic E-state index is 13.6. The molecule has 2 aliphatic rings. The molecule has 3 aromatic carbocycles. The summed E-state index contributed by atoms with van der Waals surface area (Å²) in [6.45, 7) is 3.62. The van der Waals surface area contributed by atoms with Gasteiger partial charge in [-0.25, -0.2) is 4.79 Å². The number of anilines is 1. The molecule has 0 bridgehead atoms. The Balaban J connectivity index is 1.27. The lowest BCUT2D eigenvalue weighted by atomic mass is 9.91. The Morgan fingerprint density at radius 1 is 1.00 bits per heavy atom. The van der Waals surface area contributed by atoms with Gasteiger partial charge < -0.3 is 15.5 Å². The Hall–Kier alpha value is -5.18. The normalized spacial score (nSPS) is 16.8. The fourth-order valence-electron chi connectivity index (χ4n) is 5.34. The van der Waals surface area contributed by atoms with E-state index in [0.717, 1.165) is 12.1 Å². The van der Waals surface area contributed by atoms with E-state index in [-0.39, 0.29) is 47.9 Å². The van der Waals surface area contributed by atoms with Gasteiger partial charge in [0.25, 0.3) is 5.91 Å². The predicted octanol–water partition coefficient (Wildman–Crippen LogP) is 5.06. The number of nitriles is 1. The summed E-state index contributed by atoms with van der Waals surface area (Å²) >= 11 is 0. The van der Waals surface area contributed by atoms with Crippen LogP contribution in [0.25, 0.3) is 11.1 Å². The summed E-state index contributed by atoms with van der Waals surface area (Å²) in [7, 11) is 0. The molecule has 3 aromatic rings. The van der Waals surface area contributed by atoms with Crippen molar-refractivity contribution >= 4 is 29.4 Å². The number of amides is 5. The van der Waals surface area contributed by atoms with Crippen molar-refractivity contribution in [3.05, 3.63) is 88.5 Å². The number of alkyl halides is 3. The molecule has 2 aliphatic heterocycles. The molecular weight excluding hydrogens is 563 g/mol. The highest BCUT2D eigenvalue weighted by Gasteiger charge is 2.39. The van der Waals surface area contributed by atoms with Gasteiger partial charge in [0, 0.05) is 24.2 Å². The molecule has 2 heterocycles. The second-order valence-corrected chi connectivity index (χ2v) is 10.9. The third-order valence-corrected chi connectivity index (χ3v) is 7.58. The second-order valence-electron chi connectivity index (χ2n) is 10.9. The first kappa shape index (κ1) is 29.3. The summed E-state index contributed by atoms with van der Waals surface area (Å²) in [6.07, 6.45) is -4.22. The van der Waals surface area contributed by atoms with Gasteiger partial charge in [-0.2, -0.15) is 18.4 Å². The van der Waals surface area contributed by atoms with Crippen LogP contribution in [0.2, 0.25) is 0 Å². The van der Waals surface area contributed by atoms with Gasteiger partial charge >= 0.3 is 12.2 Å². The molecular formula is C31H26F3N5O4. The Kier molecular flexibility index (Phi) is 7.43. The minimum Gasteiger partial charge on any atom is -0.329 e. The number of hydrogen-bond acceptors (Lipinski definition) is 5. The van der Waals surface area contributed by atoms with Crippen molar-refractivity contribution in [3.63, 3.8) is 0 Å². The highest BCUT2D eigenvalue weighted by atomic mass is 19.4. The zero-order valence-electron chi connectivity index (χ0n) is 23.1. The Labute approximate surface area is 244 Å². The smallest absolute Gasteiger partial charge is 0.329 e. The van der Waals surface area contributed by atoms with Crippen LogP contribution in [0.5, 0.6) is 0 Å². The molecule has 1 atom stereocenters. The van der Waals surface area contributed by atoms with E-state index in [0.29, 0.717) is 22.4 Å². The van der Waals surface area contributed by atoms with Gasteiger partial charge in [-0.05, 0) is 78.9 Å². The summed E-state index contributed by atoms with van der Waals surface area (Å²) < 4.78 is 40.8. The quantitative estimate of drug-likeness (QED) is 0.358. The van der Waals surface area contributed by atoms with E-state index in [1.165, 1.54) is 23.1 Å². The van der Waals surface area contributed by atoms with Crippen molar-refractivity contribution in [1.82, 2.24) is 15.5 Å². The van der Waals surface area contributed by atoms with Crippen molar-refractivity contribution in [3.8, 4) is 17.2 Å². The molecule has 9 nitrogen and oxygen atoms in total. The maximum atomic E-state index is 13.6. The van der Waals surface area contributed by atoms with Crippen LogP contribution in [0.1, 0.15) is 59.3 Å². The van der Waals surface area contributed by atoms with Crippen LogP contribution in [-0.4, -0.2) is 34.7 Å². The number of nitrogens with one attached hydrogen (secondary N) is 3. The molecule has 3 N–H and O–H groups in total. The lowest BCUT2D eigenvalue weighted by Gasteiger charge is -2.29. The van der Waals surface area contributed by atoms with E-state index >= 15 is 0 Å². The van der Waals surface area contributed by atoms with Gasteiger partial charge in [0.05, 0.1) is 22.7 Å². The van der Waals surface area contributed by atoms with Crippen LogP contribution in [0.4, 0.5) is 23.7 Å². The molecule has 0 aromatic heterocycles. The zero-order valence-corrected chi connectivity index (χ0v) is 23.1. The maximum Gasteiger partial charge on any atom is 0.417 e. The monoisotopic (exact) mass is 589 g/mol. The first-order chi connectivity index (χ1) is 20.3. The number of nitrogens with zero attached hydrogens (tertiary/aromatic N) is 2. The van der Waals surface area contributed by atoms with E-state index in [1.807, 2.05) is 6.07 Å². The van der Waals surface area contributed by atoms with Gasteiger partial charge in [0.2, 0.25) is 11.8 Å². The minimum atomic E-state index is -4.60. The molecule has 5 amide bonds. The van der Waals surface area contributed by atoms with Gasteiger partial charge in [-0.3, -0.25) is 19.7 Å². The number of hydrogen-bond donors (Lipinski definition) is 3. The minimum absolute atomic E-state index is 0.102. The number of piperidine rings is 1. The third kappa shape index (κ3) is 5.92. The third-order valence-electron chi connectivity index (χ3n) is 7.58. The molecule has 5 rings (SSSR count). The number of imide groups is 1. The first-order valence-corrected chi connectivity index (χ1v) is 13.4. The van der Waals surface area contributed by atoms with E-state index < -0.39 is 35.3 Å². The number of rotatable bonds is 5. The molecule has 1 unspecified atom stereocenters. The van der Waals surface area contributed by atoms with Crippen molar-refractivity contribution in [2.75, 3.05) is 5.32 Å². The standard InChI is InChI=1S/C31H26F3N5O4/c1-30(2,20-6-4-18(5-7-20)23-13-17(15-35)3-10-24(23)31(32,33)34)38-29(43)36-21-8-9-22-19(14-21)16-39(28(22)42)25-11-12-26(40)37-27(25)41/h3-10,13-14,25H,11-12,16H2,1-2H3,(H2,36,38,43)(H,37,40,41). The van der Waals surface area contributed by atoms with E-state index in [9.17, 15) is 32.3 Å². The summed E-state index contributed by atoms with van der Waals surface area (Å²) in [5.74, 6) is -1.21. The van der Waals surface area contributed by atoms with Crippen LogP contribution in [0.3, 0.4) is 0 Å². The number of benzene rings is 3. The summed E-state index contributed by atoms with van der Waals surface area (Å²) in [6, 6.07) is 14.8. The molecule has 0 radical (unpaired) electrons. The highest BCUT2D eigenvalue weighted by Crippen LogP contribution is 2.38. The van der Waals surface area contributed by atoms with Crippen molar-refractivity contribution in [1.29, 1.82) is 5.26 Å². The SMILES string of the molecule is CC(C)(NC(=O)Nc1ccc2c(c1)CN(C1CCC(=O)NC1=O)C2=O)c1ccc(-c2cc(C#N)ccc2C(F)(F)F)cc1. The molecule has 1 fully saturated rings. The topological polar surface area (TPSA) is 131 Å². The van der Waals surface area contributed by atoms with Crippen molar-refractivity contribution in [2.45, 2.75) is 51.0 Å². The molecule has 0 spiro atoms. The number of fused-ring (bicyclic) bond motifs is 1. The Bertz CT molecular complexity index is 1690. The molecule has 12 heteroatoms. The van der Waals surface area contributed by atoms with Gasteiger partial charge in [-0.1, -0.05) is 24.3 Å². The largest absolute Gasteiger partial charge is 0.417 e. The number of halogens is 3. The number of carbonyl (C=O) groups is 4. The van der Waals surface area contributed by atoms with Crippen molar-refractivity contribution < 1.29 is 32.3 Å². The predicted molar refractivity (Wildman–Crippen MR) is 149 cm³/mol. The Morgan fingerprint density at radius 2 is 1.72 bits per heavy atom. The van der Waals surface area contributed by atoms with Gasteiger partial charge in [0.15, 0.2) is 0 Å². The lowest BCUT2D eigenvalue weighted by Crippen LogP contribution is -2.52. The molecule has 0 saturated carbocycles. The van der Waals surface area contributed by atoms with Crippen LogP contribution >= 0.6 is 0 Å². The van der Waals surface area contributed by atoms with Crippen LogP contribution < -0.4 is 16.0 Å².